The molecule has 10 heteroatoms. The van der Waals surface area contributed by atoms with E-state index >= 15 is 0 Å². The first-order valence-corrected chi connectivity index (χ1v) is 10.6. The molecule has 0 bridgehead atoms. The number of carboxylic acids is 1. The van der Waals surface area contributed by atoms with Gasteiger partial charge in [0.2, 0.25) is 0 Å². The van der Waals surface area contributed by atoms with Gasteiger partial charge in [0.1, 0.15) is 23.1 Å². The third kappa shape index (κ3) is 3.26. The normalized spacial score (nSPS) is 11.5. The first-order chi connectivity index (χ1) is 15.8. The van der Waals surface area contributed by atoms with E-state index in [4.69, 9.17) is 5.73 Å². The largest absolute Gasteiger partial charge is 0.477 e. The maximum atomic E-state index is 14.9. The lowest BCUT2D eigenvalue weighted by Crippen LogP contribution is -2.14. The molecule has 0 aliphatic rings. The molecule has 2 aromatic carbocycles. The van der Waals surface area contributed by atoms with Crippen molar-refractivity contribution < 1.29 is 18.7 Å². The fraction of sp³-hybridized carbons (Fsp3) is 0.0870. The summed E-state index contributed by atoms with van der Waals surface area (Å²) in [6.45, 7) is 1.33. The predicted molar refractivity (Wildman–Crippen MR) is 123 cm³/mol. The van der Waals surface area contributed by atoms with Gasteiger partial charge in [-0.05, 0) is 60.4 Å². The number of aromatic amines is 1. The number of aromatic carboxylic acids is 1. The third-order valence-electron chi connectivity index (χ3n) is 5.63. The van der Waals surface area contributed by atoms with Crippen LogP contribution in [0, 0.1) is 18.6 Å². The Balaban J connectivity index is 1.85. The summed E-state index contributed by atoms with van der Waals surface area (Å²) in [6, 6.07) is 8.57. The van der Waals surface area contributed by atoms with Crippen LogP contribution in [0.15, 0.2) is 47.4 Å². The Bertz CT molecular complexity index is 1650. The quantitative estimate of drug-likeness (QED) is 0.360. The molecule has 4 N–H and O–H groups in total. The van der Waals surface area contributed by atoms with Crippen LogP contribution in [-0.4, -0.2) is 25.0 Å². The average molecular weight is 466 g/mol. The van der Waals surface area contributed by atoms with Crippen molar-refractivity contribution in [3.8, 4) is 11.1 Å². The number of pyridine rings is 1. The Morgan fingerprint density at radius 1 is 1.21 bits per heavy atom. The third-order valence-corrected chi connectivity index (χ3v) is 6.45. The summed E-state index contributed by atoms with van der Waals surface area (Å²) in [7, 11) is 0. The zero-order valence-electron chi connectivity index (χ0n) is 17.1. The molecule has 5 rings (SSSR count). The van der Waals surface area contributed by atoms with E-state index in [0.29, 0.717) is 15.5 Å². The summed E-state index contributed by atoms with van der Waals surface area (Å²) < 4.78 is 35.4. The molecular weight excluding hydrogens is 450 g/mol. The molecule has 7 nitrogen and oxygen atoms in total. The molecule has 0 aliphatic carbocycles. The van der Waals surface area contributed by atoms with E-state index in [1.807, 2.05) is 0 Å². The Labute approximate surface area is 188 Å². The Hall–Kier alpha value is -4.05. The molecule has 0 radical (unpaired) electrons. The van der Waals surface area contributed by atoms with Gasteiger partial charge in [0.25, 0.3) is 5.56 Å². The number of nitrogen functional groups attached to an aromatic ring is 1. The highest BCUT2D eigenvalue weighted by Gasteiger charge is 2.27. The zero-order valence-corrected chi connectivity index (χ0v) is 18.0. The standard InChI is InChI=1S/C23H16F2N4O3S/c1-10-5-13-17(7-15(10)24)29(9-11-6-14-18(8-16(11)25)33-28-21(14)26)20(23(31)32)19(13)12-3-2-4-27-22(12)30/h2-8H,9H2,1H3,(H2,26,28)(H,27,30)(H,31,32). The lowest BCUT2D eigenvalue weighted by atomic mass is 10.0. The second-order valence-corrected chi connectivity index (χ2v) is 8.46. The highest BCUT2D eigenvalue weighted by Crippen LogP contribution is 2.36. The summed E-state index contributed by atoms with van der Waals surface area (Å²) in [5.41, 5.74) is 6.06. The summed E-state index contributed by atoms with van der Waals surface area (Å²) in [5.74, 6) is -2.21. The van der Waals surface area contributed by atoms with E-state index in [-0.39, 0.29) is 45.8 Å². The highest BCUT2D eigenvalue weighted by atomic mass is 32.1. The zero-order chi connectivity index (χ0) is 23.4. The smallest absolute Gasteiger partial charge is 0.353 e. The number of rotatable bonds is 4. The molecule has 0 saturated carbocycles. The van der Waals surface area contributed by atoms with Crippen molar-refractivity contribution in [2.75, 3.05) is 5.73 Å². The first-order valence-electron chi connectivity index (χ1n) is 9.83. The fourth-order valence-corrected chi connectivity index (χ4v) is 4.78. The highest BCUT2D eigenvalue weighted by molar-refractivity contribution is 7.13. The number of aromatic nitrogens is 3. The molecule has 0 fully saturated rings. The first kappa shape index (κ1) is 20.8. The van der Waals surface area contributed by atoms with Crippen LogP contribution in [0.5, 0.6) is 0 Å². The monoisotopic (exact) mass is 466 g/mol. The molecule has 0 aliphatic heterocycles. The maximum absolute atomic E-state index is 14.9. The number of nitrogens with one attached hydrogen (secondary N) is 1. The second-order valence-electron chi connectivity index (χ2n) is 7.65. The number of hydrogen-bond donors (Lipinski definition) is 3. The molecule has 166 valence electrons. The topological polar surface area (TPSA) is 114 Å². The number of halogens is 2. The molecule has 0 atom stereocenters. The van der Waals surface area contributed by atoms with Crippen LogP contribution in [0.4, 0.5) is 14.6 Å². The van der Waals surface area contributed by atoms with E-state index in [2.05, 4.69) is 9.36 Å². The molecule has 33 heavy (non-hydrogen) atoms. The van der Waals surface area contributed by atoms with Crippen LogP contribution >= 0.6 is 11.5 Å². The predicted octanol–water partition coefficient (Wildman–Crippen LogP) is 4.52. The van der Waals surface area contributed by atoms with Crippen LogP contribution in [0.1, 0.15) is 21.6 Å². The van der Waals surface area contributed by atoms with Gasteiger partial charge in [-0.3, -0.25) is 4.79 Å². The van der Waals surface area contributed by atoms with Crippen molar-refractivity contribution in [2.24, 2.45) is 0 Å². The number of carboxylic acid groups (broad SMARTS) is 1. The molecule has 3 aromatic heterocycles. The molecule has 3 heterocycles. The van der Waals surface area contributed by atoms with Gasteiger partial charge >= 0.3 is 5.97 Å². The molecule has 0 unspecified atom stereocenters. The SMILES string of the molecule is Cc1cc2c(-c3ccc[nH]c3=O)c(C(=O)O)n(Cc3cc4c(N)nsc4cc3F)c2cc1F. The van der Waals surface area contributed by atoms with Crippen molar-refractivity contribution in [1.82, 2.24) is 13.9 Å². The van der Waals surface area contributed by atoms with E-state index in [1.165, 1.54) is 41.1 Å². The Morgan fingerprint density at radius 2 is 2.00 bits per heavy atom. The Morgan fingerprint density at radius 3 is 2.73 bits per heavy atom. The summed E-state index contributed by atoms with van der Waals surface area (Å²) in [5, 5.41) is 11.0. The number of benzene rings is 2. The van der Waals surface area contributed by atoms with Crippen LogP contribution in [0.2, 0.25) is 0 Å². The van der Waals surface area contributed by atoms with Gasteiger partial charge in [0.05, 0.1) is 16.8 Å². The molecular formula is C23H16F2N4O3S. The minimum atomic E-state index is -1.33. The van der Waals surface area contributed by atoms with E-state index in [0.717, 1.165) is 11.5 Å². The molecule has 5 aromatic rings. The minimum Gasteiger partial charge on any atom is -0.477 e. The van der Waals surface area contributed by atoms with E-state index in [9.17, 15) is 23.5 Å². The molecule has 0 amide bonds. The van der Waals surface area contributed by atoms with Crippen LogP contribution in [-0.2, 0) is 6.54 Å². The van der Waals surface area contributed by atoms with Crippen molar-refractivity contribution in [1.29, 1.82) is 0 Å². The average Bonchev–Trinajstić information content (AvgIpc) is 3.27. The van der Waals surface area contributed by atoms with Crippen molar-refractivity contribution in [2.45, 2.75) is 13.5 Å². The summed E-state index contributed by atoms with van der Waals surface area (Å²) >= 11 is 1.06. The van der Waals surface area contributed by atoms with Crippen molar-refractivity contribution in [3.05, 3.63) is 81.4 Å². The van der Waals surface area contributed by atoms with Crippen molar-refractivity contribution in [3.63, 3.8) is 0 Å². The minimum absolute atomic E-state index is 0.117. The van der Waals surface area contributed by atoms with Gasteiger partial charge in [0, 0.05) is 33.7 Å². The van der Waals surface area contributed by atoms with Gasteiger partial charge in [-0.2, -0.15) is 4.37 Å². The van der Waals surface area contributed by atoms with Crippen LogP contribution in [0.25, 0.3) is 32.1 Å². The van der Waals surface area contributed by atoms with Gasteiger partial charge in [-0.15, -0.1) is 0 Å². The number of carbonyl (C=O) groups is 1. The maximum Gasteiger partial charge on any atom is 0.353 e. The fourth-order valence-electron chi connectivity index (χ4n) is 4.07. The van der Waals surface area contributed by atoms with E-state index in [1.54, 1.807) is 13.0 Å². The number of hydrogen-bond acceptors (Lipinski definition) is 5. The number of fused-ring (bicyclic) bond motifs is 2. The molecule has 0 spiro atoms. The van der Waals surface area contributed by atoms with Gasteiger partial charge in [-0.1, -0.05) is 0 Å². The number of H-pyrrole nitrogens is 1. The van der Waals surface area contributed by atoms with Crippen LogP contribution < -0.4 is 11.3 Å². The summed E-state index contributed by atoms with van der Waals surface area (Å²) in [6.07, 6.45) is 1.43. The van der Waals surface area contributed by atoms with Gasteiger partial charge in [0.15, 0.2) is 0 Å². The Kier molecular flexibility index (Phi) is 4.75. The van der Waals surface area contributed by atoms with Crippen molar-refractivity contribution >= 4 is 44.3 Å². The number of nitrogens with two attached hydrogens (primary N) is 1. The summed E-state index contributed by atoms with van der Waals surface area (Å²) in [4.78, 5) is 27.5. The van der Waals surface area contributed by atoms with Gasteiger partial charge < -0.3 is 20.4 Å². The van der Waals surface area contributed by atoms with E-state index < -0.39 is 23.2 Å². The van der Waals surface area contributed by atoms with Crippen LogP contribution in [0.3, 0.4) is 0 Å². The number of aryl methyl sites for hydroxylation is 1. The lowest BCUT2D eigenvalue weighted by Gasteiger charge is -2.11. The van der Waals surface area contributed by atoms with Gasteiger partial charge in [-0.25, -0.2) is 13.6 Å². The lowest BCUT2D eigenvalue weighted by molar-refractivity contribution is 0.0687. The second kappa shape index (κ2) is 7.52. The molecule has 0 saturated heterocycles. The number of anilines is 1. The number of nitrogens with zero attached hydrogens (tertiary/aromatic N) is 2.